The Labute approximate surface area is 153 Å². The molecule has 2 rings (SSSR count). The van der Waals surface area contributed by atoms with E-state index < -0.39 is 41.1 Å². The number of esters is 1. The summed E-state index contributed by atoms with van der Waals surface area (Å²) >= 11 is 0. The van der Waals surface area contributed by atoms with Crippen molar-refractivity contribution in [3.63, 3.8) is 0 Å². The number of carbonyl (C=O) groups is 2. The molecule has 150 valence electrons. The molecular formula is C17H20F3NO6. The highest BCUT2D eigenvalue weighted by Crippen LogP contribution is 2.46. The SMILES string of the molecule is COCC(O)CN1C(=O)C(C)(C)Oc2cc(C(F)(F)F)c(OC(C)=O)cc21. The van der Waals surface area contributed by atoms with Gasteiger partial charge in [-0.15, -0.1) is 0 Å². The summed E-state index contributed by atoms with van der Waals surface area (Å²) in [7, 11) is 1.36. The van der Waals surface area contributed by atoms with Crippen molar-refractivity contribution >= 4 is 17.6 Å². The van der Waals surface area contributed by atoms with Gasteiger partial charge < -0.3 is 24.2 Å². The van der Waals surface area contributed by atoms with Gasteiger partial charge >= 0.3 is 12.1 Å². The Morgan fingerprint density at radius 3 is 2.52 bits per heavy atom. The van der Waals surface area contributed by atoms with Gasteiger partial charge in [-0.1, -0.05) is 0 Å². The lowest BCUT2D eigenvalue weighted by atomic mass is 10.0. The number of β-amino-alcohol motifs (C(OH)–C–C–N with tert-alkyl or cyclic N) is 1. The van der Waals surface area contributed by atoms with Crippen molar-refractivity contribution in [3.8, 4) is 11.5 Å². The Balaban J connectivity index is 2.61. The second-order valence-corrected chi connectivity index (χ2v) is 6.54. The minimum absolute atomic E-state index is 0.0428. The van der Waals surface area contributed by atoms with Gasteiger partial charge in [0.05, 0.1) is 24.9 Å². The molecule has 1 amide bonds. The van der Waals surface area contributed by atoms with Crippen LogP contribution in [0.25, 0.3) is 0 Å². The van der Waals surface area contributed by atoms with Gasteiger partial charge in [-0.3, -0.25) is 9.59 Å². The van der Waals surface area contributed by atoms with Crippen molar-refractivity contribution < 1.29 is 42.1 Å². The third-order valence-corrected chi connectivity index (χ3v) is 3.79. The van der Waals surface area contributed by atoms with Crippen LogP contribution in [0, 0.1) is 0 Å². The van der Waals surface area contributed by atoms with Gasteiger partial charge in [-0.05, 0) is 19.9 Å². The molecule has 1 heterocycles. The molecule has 1 aliphatic heterocycles. The van der Waals surface area contributed by atoms with E-state index in [0.717, 1.165) is 17.9 Å². The number of halogens is 3. The molecule has 27 heavy (non-hydrogen) atoms. The number of hydrogen-bond donors (Lipinski definition) is 1. The molecule has 0 saturated carbocycles. The number of ether oxygens (including phenoxy) is 3. The Hall–Kier alpha value is -2.33. The van der Waals surface area contributed by atoms with Gasteiger partial charge in [0, 0.05) is 20.1 Å². The minimum atomic E-state index is -4.81. The monoisotopic (exact) mass is 391 g/mol. The van der Waals surface area contributed by atoms with Crippen molar-refractivity contribution in [1.82, 2.24) is 0 Å². The first-order valence-corrected chi connectivity index (χ1v) is 7.98. The Kier molecular flexibility index (Phi) is 5.71. The number of hydrogen-bond acceptors (Lipinski definition) is 6. The molecule has 7 nitrogen and oxygen atoms in total. The summed E-state index contributed by atoms with van der Waals surface area (Å²) in [5.74, 6) is -2.49. The van der Waals surface area contributed by atoms with Gasteiger partial charge in [0.1, 0.15) is 17.1 Å². The van der Waals surface area contributed by atoms with E-state index >= 15 is 0 Å². The Morgan fingerprint density at radius 1 is 1.37 bits per heavy atom. The maximum absolute atomic E-state index is 13.4. The molecule has 0 saturated heterocycles. The molecule has 1 aliphatic rings. The number of alkyl halides is 3. The number of aliphatic hydroxyl groups excluding tert-OH is 1. The molecule has 0 aromatic heterocycles. The second kappa shape index (κ2) is 7.35. The van der Waals surface area contributed by atoms with E-state index in [2.05, 4.69) is 4.74 Å². The fourth-order valence-corrected chi connectivity index (χ4v) is 2.69. The summed E-state index contributed by atoms with van der Waals surface area (Å²) in [6, 6.07) is 1.59. The van der Waals surface area contributed by atoms with Crippen LogP contribution in [-0.4, -0.2) is 48.9 Å². The van der Waals surface area contributed by atoms with Crippen LogP contribution in [0.1, 0.15) is 26.3 Å². The second-order valence-electron chi connectivity index (χ2n) is 6.54. The first kappa shape index (κ1) is 21.0. The van der Waals surface area contributed by atoms with Crippen LogP contribution in [0.3, 0.4) is 0 Å². The van der Waals surface area contributed by atoms with Crippen molar-refractivity contribution in [2.75, 3.05) is 25.2 Å². The smallest absolute Gasteiger partial charge is 0.420 e. The highest BCUT2D eigenvalue weighted by atomic mass is 19.4. The normalized spacial score (nSPS) is 17.2. The lowest BCUT2D eigenvalue weighted by molar-refractivity contribution is -0.141. The Morgan fingerprint density at radius 2 is 2.00 bits per heavy atom. The largest absolute Gasteiger partial charge is 0.476 e. The van der Waals surface area contributed by atoms with Gasteiger partial charge in [-0.25, -0.2) is 0 Å². The van der Waals surface area contributed by atoms with E-state index in [4.69, 9.17) is 9.47 Å². The van der Waals surface area contributed by atoms with Crippen LogP contribution >= 0.6 is 0 Å². The summed E-state index contributed by atoms with van der Waals surface area (Å²) in [6.07, 6.45) is -5.89. The van der Waals surface area contributed by atoms with Crippen LogP contribution in [-0.2, 0) is 20.5 Å². The Bertz CT molecular complexity index is 747. The summed E-state index contributed by atoms with van der Waals surface area (Å²) in [6.45, 7) is 3.45. The van der Waals surface area contributed by atoms with E-state index in [9.17, 15) is 27.9 Å². The predicted octanol–water partition coefficient (Wildman–Crippen LogP) is 2.14. The van der Waals surface area contributed by atoms with E-state index in [1.165, 1.54) is 21.0 Å². The number of aliphatic hydroxyl groups is 1. The molecule has 1 atom stereocenters. The van der Waals surface area contributed by atoms with Gasteiger partial charge in [-0.2, -0.15) is 13.2 Å². The van der Waals surface area contributed by atoms with Crippen LogP contribution in [0.2, 0.25) is 0 Å². The topological polar surface area (TPSA) is 85.3 Å². The quantitative estimate of drug-likeness (QED) is 0.612. The number of benzene rings is 1. The lowest BCUT2D eigenvalue weighted by Crippen LogP contribution is -2.54. The first-order chi connectivity index (χ1) is 12.4. The van der Waals surface area contributed by atoms with Crippen LogP contribution in [0.15, 0.2) is 12.1 Å². The number of rotatable bonds is 5. The molecule has 1 N–H and O–H groups in total. The van der Waals surface area contributed by atoms with Crippen molar-refractivity contribution in [2.45, 2.75) is 38.7 Å². The minimum Gasteiger partial charge on any atom is -0.476 e. The van der Waals surface area contributed by atoms with Crippen molar-refractivity contribution in [3.05, 3.63) is 17.7 Å². The number of nitrogens with zero attached hydrogens (tertiary/aromatic N) is 1. The van der Waals surface area contributed by atoms with E-state index in [1.807, 2.05) is 0 Å². The van der Waals surface area contributed by atoms with Crippen molar-refractivity contribution in [2.24, 2.45) is 0 Å². The summed E-state index contributed by atoms with van der Waals surface area (Å²) < 4.78 is 55.0. The van der Waals surface area contributed by atoms with Crippen molar-refractivity contribution in [1.29, 1.82) is 0 Å². The van der Waals surface area contributed by atoms with Crippen LogP contribution < -0.4 is 14.4 Å². The number of fused-ring (bicyclic) bond motifs is 1. The molecule has 1 aromatic carbocycles. The summed E-state index contributed by atoms with van der Waals surface area (Å²) in [5.41, 5.74) is -2.70. The van der Waals surface area contributed by atoms with Crippen LogP contribution in [0.5, 0.6) is 11.5 Å². The average molecular weight is 391 g/mol. The molecular weight excluding hydrogens is 371 g/mol. The third-order valence-electron chi connectivity index (χ3n) is 3.79. The number of amides is 1. The van der Waals surface area contributed by atoms with Crippen LogP contribution in [0.4, 0.5) is 18.9 Å². The van der Waals surface area contributed by atoms with E-state index in [0.29, 0.717) is 6.07 Å². The zero-order valence-electron chi connectivity index (χ0n) is 15.2. The van der Waals surface area contributed by atoms with Gasteiger partial charge in [0.15, 0.2) is 5.60 Å². The zero-order valence-corrected chi connectivity index (χ0v) is 15.2. The maximum Gasteiger partial charge on any atom is 0.420 e. The van der Waals surface area contributed by atoms with E-state index in [-0.39, 0.29) is 24.6 Å². The summed E-state index contributed by atoms with van der Waals surface area (Å²) in [5, 5.41) is 9.99. The molecule has 0 spiro atoms. The maximum atomic E-state index is 13.4. The fourth-order valence-electron chi connectivity index (χ4n) is 2.69. The standard InChI is InChI=1S/C17H20F3NO6/c1-9(22)26-13-6-12-14(5-11(13)17(18,19)20)27-16(2,3)15(24)21(12)7-10(23)8-25-4/h5-6,10,23H,7-8H2,1-4H3. The molecule has 1 aromatic rings. The molecule has 1 unspecified atom stereocenters. The average Bonchev–Trinajstić information content (AvgIpc) is 2.50. The molecule has 0 aliphatic carbocycles. The highest BCUT2D eigenvalue weighted by molar-refractivity contribution is 6.02. The molecule has 0 radical (unpaired) electrons. The third kappa shape index (κ3) is 4.51. The van der Waals surface area contributed by atoms with Gasteiger partial charge in [0.25, 0.3) is 5.91 Å². The predicted molar refractivity (Wildman–Crippen MR) is 87.7 cm³/mol. The number of methoxy groups -OCH3 is 1. The lowest BCUT2D eigenvalue weighted by Gasteiger charge is -2.40. The number of anilines is 1. The summed E-state index contributed by atoms with van der Waals surface area (Å²) in [4.78, 5) is 25.0. The molecule has 0 bridgehead atoms. The number of carbonyl (C=O) groups excluding carboxylic acids is 2. The highest BCUT2D eigenvalue weighted by Gasteiger charge is 2.44. The zero-order chi connectivity index (χ0) is 20.6. The molecule has 0 fully saturated rings. The molecule has 10 heteroatoms. The first-order valence-electron chi connectivity index (χ1n) is 7.98. The fraction of sp³-hybridized carbons (Fsp3) is 0.529. The van der Waals surface area contributed by atoms with E-state index in [1.54, 1.807) is 0 Å². The van der Waals surface area contributed by atoms with Gasteiger partial charge in [0.2, 0.25) is 0 Å².